The van der Waals surface area contributed by atoms with E-state index in [9.17, 15) is 4.79 Å². The molecule has 3 saturated heterocycles. The SMILES string of the molecule is O=C(Cc1ccc(N2CCOCC2)cc1)N1CC[C@@H]2NCC[C@@H]2C1. The second-order valence-electron chi connectivity index (χ2n) is 7.18. The van der Waals surface area contributed by atoms with Crippen LogP contribution in [0.2, 0.25) is 0 Å². The number of hydrogen-bond donors (Lipinski definition) is 1. The predicted molar refractivity (Wildman–Crippen MR) is 94.3 cm³/mol. The number of ether oxygens (including phenoxy) is 1. The van der Waals surface area contributed by atoms with Crippen LogP contribution in [0, 0.1) is 5.92 Å². The molecule has 1 N–H and O–H groups in total. The van der Waals surface area contributed by atoms with Gasteiger partial charge in [-0.1, -0.05) is 12.1 Å². The highest BCUT2D eigenvalue weighted by Crippen LogP contribution is 2.25. The highest BCUT2D eigenvalue weighted by molar-refractivity contribution is 5.79. The van der Waals surface area contributed by atoms with Gasteiger partial charge in [0, 0.05) is 37.9 Å². The third-order valence-electron chi connectivity index (χ3n) is 5.68. The van der Waals surface area contributed by atoms with Gasteiger partial charge in [0.1, 0.15) is 0 Å². The Bertz CT molecular complexity index is 568. The molecule has 0 unspecified atom stereocenters. The molecule has 5 nitrogen and oxygen atoms in total. The number of amides is 1. The first-order valence-electron chi connectivity index (χ1n) is 9.22. The normalized spacial score (nSPS) is 27.2. The van der Waals surface area contributed by atoms with Gasteiger partial charge in [-0.2, -0.15) is 0 Å². The van der Waals surface area contributed by atoms with E-state index in [1.54, 1.807) is 0 Å². The summed E-state index contributed by atoms with van der Waals surface area (Å²) >= 11 is 0. The van der Waals surface area contributed by atoms with Crippen LogP contribution in [-0.2, 0) is 16.0 Å². The molecule has 3 aliphatic heterocycles. The van der Waals surface area contributed by atoms with Gasteiger partial charge < -0.3 is 19.9 Å². The van der Waals surface area contributed by atoms with Crippen LogP contribution in [0.3, 0.4) is 0 Å². The monoisotopic (exact) mass is 329 g/mol. The van der Waals surface area contributed by atoms with Gasteiger partial charge in [-0.15, -0.1) is 0 Å². The number of benzene rings is 1. The predicted octanol–water partition coefficient (Wildman–Crippen LogP) is 1.28. The molecule has 5 heteroatoms. The highest BCUT2D eigenvalue weighted by Gasteiger charge is 2.34. The molecule has 4 rings (SSSR count). The quantitative estimate of drug-likeness (QED) is 0.907. The maximum Gasteiger partial charge on any atom is 0.227 e. The zero-order valence-electron chi connectivity index (χ0n) is 14.2. The Kier molecular flexibility index (Phi) is 4.72. The van der Waals surface area contributed by atoms with Crippen molar-refractivity contribution in [2.45, 2.75) is 25.3 Å². The smallest absolute Gasteiger partial charge is 0.227 e. The number of nitrogens with one attached hydrogen (secondary N) is 1. The zero-order chi connectivity index (χ0) is 16.4. The molecule has 0 spiro atoms. The van der Waals surface area contributed by atoms with Gasteiger partial charge in [-0.3, -0.25) is 4.79 Å². The summed E-state index contributed by atoms with van der Waals surface area (Å²) < 4.78 is 5.40. The fourth-order valence-electron chi connectivity index (χ4n) is 4.21. The molecule has 130 valence electrons. The summed E-state index contributed by atoms with van der Waals surface area (Å²) in [6.07, 6.45) is 2.84. The lowest BCUT2D eigenvalue weighted by Gasteiger charge is -2.35. The average molecular weight is 329 g/mol. The summed E-state index contributed by atoms with van der Waals surface area (Å²) in [7, 11) is 0. The lowest BCUT2D eigenvalue weighted by atomic mass is 9.93. The van der Waals surface area contributed by atoms with Crippen molar-refractivity contribution < 1.29 is 9.53 Å². The Balaban J connectivity index is 1.33. The summed E-state index contributed by atoms with van der Waals surface area (Å²) in [5.41, 5.74) is 2.34. The van der Waals surface area contributed by atoms with E-state index in [2.05, 4.69) is 39.4 Å². The van der Waals surface area contributed by atoms with E-state index < -0.39 is 0 Å². The van der Waals surface area contributed by atoms with E-state index in [1.807, 2.05) is 0 Å². The largest absolute Gasteiger partial charge is 0.378 e. The van der Waals surface area contributed by atoms with Crippen molar-refractivity contribution >= 4 is 11.6 Å². The van der Waals surface area contributed by atoms with Crippen LogP contribution in [-0.4, -0.2) is 62.8 Å². The van der Waals surface area contributed by atoms with Gasteiger partial charge in [0.2, 0.25) is 5.91 Å². The van der Waals surface area contributed by atoms with Crippen LogP contribution in [0.5, 0.6) is 0 Å². The van der Waals surface area contributed by atoms with Gasteiger partial charge in [-0.05, 0) is 43.0 Å². The number of rotatable bonds is 3. The molecular formula is C19H27N3O2. The topological polar surface area (TPSA) is 44.8 Å². The first kappa shape index (κ1) is 15.9. The van der Waals surface area contributed by atoms with E-state index >= 15 is 0 Å². The average Bonchev–Trinajstić information content (AvgIpc) is 3.11. The Labute approximate surface area is 144 Å². The van der Waals surface area contributed by atoms with Crippen molar-refractivity contribution in [3.63, 3.8) is 0 Å². The number of hydrogen-bond acceptors (Lipinski definition) is 4. The lowest BCUT2D eigenvalue weighted by molar-refractivity contribution is -0.132. The number of anilines is 1. The van der Waals surface area contributed by atoms with Gasteiger partial charge in [-0.25, -0.2) is 0 Å². The van der Waals surface area contributed by atoms with Gasteiger partial charge in [0.05, 0.1) is 19.6 Å². The van der Waals surface area contributed by atoms with Crippen LogP contribution in [0.15, 0.2) is 24.3 Å². The minimum atomic E-state index is 0.277. The number of morpholine rings is 1. The van der Waals surface area contributed by atoms with Crippen molar-refractivity contribution in [3.8, 4) is 0 Å². The fourth-order valence-corrected chi connectivity index (χ4v) is 4.21. The molecule has 0 radical (unpaired) electrons. The molecule has 0 saturated carbocycles. The number of carbonyl (C=O) groups excluding carboxylic acids is 1. The minimum absolute atomic E-state index is 0.277. The van der Waals surface area contributed by atoms with E-state index in [-0.39, 0.29) is 5.91 Å². The van der Waals surface area contributed by atoms with Crippen LogP contribution >= 0.6 is 0 Å². The molecule has 3 heterocycles. The van der Waals surface area contributed by atoms with E-state index in [0.29, 0.717) is 18.4 Å². The Morgan fingerprint density at radius 3 is 2.71 bits per heavy atom. The first-order chi connectivity index (χ1) is 11.8. The van der Waals surface area contributed by atoms with Crippen molar-refractivity contribution in [1.82, 2.24) is 10.2 Å². The number of fused-ring (bicyclic) bond motifs is 1. The Morgan fingerprint density at radius 1 is 1.12 bits per heavy atom. The fraction of sp³-hybridized carbons (Fsp3) is 0.632. The zero-order valence-corrected chi connectivity index (χ0v) is 14.2. The van der Waals surface area contributed by atoms with Gasteiger partial charge in [0.15, 0.2) is 0 Å². The molecule has 0 bridgehead atoms. The van der Waals surface area contributed by atoms with Gasteiger partial charge in [0.25, 0.3) is 0 Å². The number of piperidine rings is 1. The third-order valence-corrected chi connectivity index (χ3v) is 5.68. The van der Waals surface area contributed by atoms with E-state index in [1.165, 1.54) is 12.1 Å². The summed E-state index contributed by atoms with van der Waals surface area (Å²) in [6, 6.07) is 9.13. The van der Waals surface area contributed by atoms with Crippen LogP contribution in [0.1, 0.15) is 18.4 Å². The summed E-state index contributed by atoms with van der Waals surface area (Å²) in [6.45, 7) is 6.44. The van der Waals surface area contributed by atoms with Crippen molar-refractivity contribution in [2.24, 2.45) is 5.92 Å². The molecule has 2 atom stereocenters. The van der Waals surface area contributed by atoms with Crippen LogP contribution in [0.4, 0.5) is 5.69 Å². The summed E-state index contributed by atoms with van der Waals surface area (Å²) in [5, 5.41) is 3.55. The first-order valence-corrected chi connectivity index (χ1v) is 9.22. The van der Waals surface area contributed by atoms with E-state index in [4.69, 9.17) is 4.74 Å². The third kappa shape index (κ3) is 3.42. The molecule has 0 aromatic heterocycles. The molecule has 24 heavy (non-hydrogen) atoms. The second-order valence-corrected chi connectivity index (χ2v) is 7.18. The molecule has 1 amide bonds. The van der Waals surface area contributed by atoms with Crippen molar-refractivity contribution in [3.05, 3.63) is 29.8 Å². The van der Waals surface area contributed by atoms with Crippen LogP contribution < -0.4 is 10.2 Å². The molecule has 0 aliphatic carbocycles. The maximum absolute atomic E-state index is 12.6. The number of likely N-dealkylation sites (tertiary alicyclic amines) is 1. The summed E-state index contributed by atoms with van der Waals surface area (Å²) in [4.78, 5) is 17.0. The molecule has 1 aromatic carbocycles. The van der Waals surface area contributed by atoms with Crippen molar-refractivity contribution in [1.29, 1.82) is 0 Å². The molecular weight excluding hydrogens is 302 g/mol. The maximum atomic E-state index is 12.6. The molecule has 3 aliphatic rings. The Morgan fingerprint density at radius 2 is 1.92 bits per heavy atom. The number of carbonyl (C=O) groups is 1. The number of nitrogens with zero attached hydrogens (tertiary/aromatic N) is 2. The minimum Gasteiger partial charge on any atom is -0.378 e. The standard InChI is InChI=1S/C19H27N3O2/c23-19(22-8-6-18-16(14-22)5-7-20-18)13-15-1-3-17(4-2-15)21-9-11-24-12-10-21/h1-4,16,18,20H,5-14H2/t16-,18+/m1/s1. The second kappa shape index (κ2) is 7.11. The highest BCUT2D eigenvalue weighted by atomic mass is 16.5. The van der Waals surface area contributed by atoms with E-state index in [0.717, 1.165) is 57.9 Å². The van der Waals surface area contributed by atoms with Gasteiger partial charge >= 0.3 is 0 Å². The molecule has 3 fully saturated rings. The van der Waals surface area contributed by atoms with Crippen molar-refractivity contribution in [2.75, 3.05) is 50.8 Å². The molecule has 1 aromatic rings. The summed E-state index contributed by atoms with van der Waals surface area (Å²) in [5.74, 6) is 0.936. The lowest BCUT2D eigenvalue weighted by Crippen LogP contribution is -2.47. The Hall–Kier alpha value is -1.59. The van der Waals surface area contributed by atoms with Crippen LogP contribution in [0.25, 0.3) is 0 Å².